The first kappa shape index (κ1) is 23.0. The van der Waals surface area contributed by atoms with E-state index in [0.717, 1.165) is 43.8 Å². The summed E-state index contributed by atoms with van der Waals surface area (Å²) in [5.74, 6) is 0.826. The molecule has 0 unspecified atom stereocenters. The summed E-state index contributed by atoms with van der Waals surface area (Å²) in [6.45, 7) is 5.67. The molecule has 4 rings (SSSR count). The van der Waals surface area contributed by atoms with Crippen molar-refractivity contribution < 1.29 is 19.1 Å². The van der Waals surface area contributed by atoms with E-state index in [1.165, 1.54) is 19.3 Å². The number of likely N-dealkylation sites (tertiary alicyclic amines) is 1. The van der Waals surface area contributed by atoms with Crippen LogP contribution in [0.3, 0.4) is 0 Å². The van der Waals surface area contributed by atoms with Crippen molar-refractivity contribution >= 4 is 29.2 Å². The van der Waals surface area contributed by atoms with Crippen LogP contribution in [0.25, 0.3) is 0 Å². The summed E-state index contributed by atoms with van der Waals surface area (Å²) in [7, 11) is 0. The molecule has 3 heterocycles. The molecule has 0 radical (unpaired) electrons. The maximum Gasteiger partial charge on any atom is 0.409 e. The van der Waals surface area contributed by atoms with Crippen molar-refractivity contribution in [3.63, 3.8) is 0 Å². The van der Waals surface area contributed by atoms with E-state index in [1.54, 1.807) is 28.1 Å². The van der Waals surface area contributed by atoms with E-state index in [1.807, 2.05) is 5.38 Å². The van der Waals surface area contributed by atoms with Gasteiger partial charge in [-0.25, -0.2) is 9.78 Å². The number of aromatic nitrogens is 1. The fraction of sp³-hybridized carbons (Fsp3) is 0.739. The second-order valence-corrected chi connectivity index (χ2v) is 9.87. The van der Waals surface area contributed by atoms with Crippen molar-refractivity contribution in [1.82, 2.24) is 19.7 Å². The van der Waals surface area contributed by atoms with E-state index in [4.69, 9.17) is 4.74 Å². The molecule has 2 aliphatic heterocycles. The maximum absolute atomic E-state index is 12.9. The summed E-state index contributed by atoms with van der Waals surface area (Å²) in [5.41, 5.74) is 0.496. The lowest BCUT2D eigenvalue weighted by Gasteiger charge is -2.34. The molecule has 3 fully saturated rings. The van der Waals surface area contributed by atoms with Gasteiger partial charge in [0.1, 0.15) is 5.69 Å². The first-order valence-corrected chi connectivity index (χ1v) is 12.9. The smallest absolute Gasteiger partial charge is 0.409 e. The molecule has 0 spiro atoms. The van der Waals surface area contributed by atoms with Crippen molar-refractivity contribution in [3.05, 3.63) is 16.1 Å². The third-order valence-corrected chi connectivity index (χ3v) is 7.95. The highest BCUT2D eigenvalue weighted by atomic mass is 32.1. The molecule has 1 aliphatic carbocycles. The Morgan fingerprint density at radius 1 is 0.938 bits per heavy atom. The predicted molar refractivity (Wildman–Crippen MR) is 122 cm³/mol. The number of carbonyl (C=O) groups is 3. The Kier molecular flexibility index (Phi) is 7.65. The van der Waals surface area contributed by atoms with Gasteiger partial charge in [0.2, 0.25) is 5.91 Å². The van der Waals surface area contributed by atoms with Crippen LogP contribution in [0.2, 0.25) is 0 Å². The molecule has 9 heteroatoms. The monoisotopic (exact) mass is 462 g/mol. The highest BCUT2D eigenvalue weighted by molar-refractivity contribution is 7.09. The number of rotatable bonds is 4. The predicted octanol–water partition coefficient (Wildman–Crippen LogP) is 3.34. The number of piperidine rings is 1. The van der Waals surface area contributed by atoms with E-state index < -0.39 is 0 Å². The lowest BCUT2D eigenvalue weighted by Crippen LogP contribution is -2.50. The van der Waals surface area contributed by atoms with Gasteiger partial charge < -0.3 is 19.4 Å². The summed E-state index contributed by atoms with van der Waals surface area (Å²) >= 11 is 1.55. The van der Waals surface area contributed by atoms with Gasteiger partial charge in [-0.1, -0.05) is 19.3 Å². The van der Waals surface area contributed by atoms with Gasteiger partial charge in [-0.3, -0.25) is 9.59 Å². The number of thiazole rings is 1. The third-order valence-electron chi connectivity index (χ3n) is 6.94. The van der Waals surface area contributed by atoms with Gasteiger partial charge in [0.15, 0.2) is 0 Å². The Bertz CT molecular complexity index is 807. The zero-order valence-corrected chi connectivity index (χ0v) is 19.8. The molecule has 3 amide bonds. The van der Waals surface area contributed by atoms with Gasteiger partial charge >= 0.3 is 6.09 Å². The molecule has 0 N–H and O–H groups in total. The Labute approximate surface area is 193 Å². The molecule has 8 nitrogen and oxygen atoms in total. The van der Waals surface area contributed by atoms with Crippen LogP contribution in [-0.2, 0) is 9.53 Å². The third kappa shape index (κ3) is 5.24. The first-order valence-electron chi connectivity index (χ1n) is 12.0. The minimum absolute atomic E-state index is 0.0686. The lowest BCUT2D eigenvalue weighted by atomic mass is 9.87. The molecule has 1 aromatic heterocycles. The zero-order chi connectivity index (χ0) is 22.5. The Balaban J connectivity index is 1.26. The summed E-state index contributed by atoms with van der Waals surface area (Å²) < 4.78 is 5.04. The number of hydrogen-bond donors (Lipinski definition) is 0. The summed E-state index contributed by atoms with van der Waals surface area (Å²) in [6.07, 6.45) is 7.23. The second kappa shape index (κ2) is 10.6. The minimum Gasteiger partial charge on any atom is -0.450 e. The number of piperazine rings is 1. The van der Waals surface area contributed by atoms with Crippen LogP contribution < -0.4 is 0 Å². The maximum atomic E-state index is 12.9. The van der Waals surface area contributed by atoms with Crippen LogP contribution in [0, 0.1) is 5.92 Å². The van der Waals surface area contributed by atoms with Gasteiger partial charge in [0.05, 0.1) is 11.6 Å². The number of amides is 3. The number of ether oxygens (including phenoxy) is 1. The molecular weight excluding hydrogens is 428 g/mol. The van der Waals surface area contributed by atoms with Crippen LogP contribution in [0.4, 0.5) is 4.79 Å². The van der Waals surface area contributed by atoms with Crippen molar-refractivity contribution in [2.24, 2.45) is 5.92 Å². The van der Waals surface area contributed by atoms with E-state index in [9.17, 15) is 14.4 Å². The highest BCUT2D eigenvalue weighted by Crippen LogP contribution is 2.33. The van der Waals surface area contributed by atoms with Crippen LogP contribution in [0.5, 0.6) is 0 Å². The van der Waals surface area contributed by atoms with Gasteiger partial charge in [-0.05, 0) is 32.6 Å². The van der Waals surface area contributed by atoms with Gasteiger partial charge in [-0.2, -0.15) is 0 Å². The topological polar surface area (TPSA) is 83.0 Å². The summed E-state index contributed by atoms with van der Waals surface area (Å²) in [5, 5.41) is 2.86. The highest BCUT2D eigenvalue weighted by Gasteiger charge is 2.31. The molecule has 32 heavy (non-hydrogen) atoms. The SMILES string of the molecule is CCOC(=O)N1CCN(C(=O)c2csc(C3CCN(C(=O)C4CCCCC4)CC3)n2)CC1. The molecule has 1 aromatic rings. The molecule has 3 aliphatic rings. The summed E-state index contributed by atoms with van der Waals surface area (Å²) in [6, 6.07) is 0. The Morgan fingerprint density at radius 3 is 2.25 bits per heavy atom. The molecule has 2 saturated heterocycles. The van der Waals surface area contributed by atoms with E-state index >= 15 is 0 Å². The van der Waals surface area contributed by atoms with Gasteiger partial charge in [0, 0.05) is 56.5 Å². The molecule has 0 bridgehead atoms. The summed E-state index contributed by atoms with van der Waals surface area (Å²) in [4.78, 5) is 47.7. The number of hydrogen-bond acceptors (Lipinski definition) is 6. The molecule has 1 saturated carbocycles. The average molecular weight is 463 g/mol. The van der Waals surface area contributed by atoms with Crippen LogP contribution in [-0.4, -0.2) is 83.5 Å². The van der Waals surface area contributed by atoms with E-state index in [-0.39, 0.29) is 17.9 Å². The first-order chi connectivity index (χ1) is 15.6. The Morgan fingerprint density at radius 2 is 1.59 bits per heavy atom. The van der Waals surface area contributed by atoms with Gasteiger partial charge in [-0.15, -0.1) is 11.3 Å². The quantitative estimate of drug-likeness (QED) is 0.685. The van der Waals surface area contributed by atoms with Crippen LogP contribution in [0.1, 0.15) is 73.3 Å². The number of nitrogens with zero attached hydrogens (tertiary/aromatic N) is 4. The fourth-order valence-electron chi connectivity index (χ4n) is 5.00. The minimum atomic E-state index is -0.316. The molecule has 176 valence electrons. The van der Waals surface area contributed by atoms with E-state index in [0.29, 0.717) is 50.3 Å². The lowest BCUT2D eigenvalue weighted by molar-refractivity contribution is -0.137. The van der Waals surface area contributed by atoms with Crippen molar-refractivity contribution in [2.75, 3.05) is 45.9 Å². The van der Waals surface area contributed by atoms with Gasteiger partial charge in [0.25, 0.3) is 5.91 Å². The molecule has 0 aromatic carbocycles. The van der Waals surface area contributed by atoms with Crippen LogP contribution in [0.15, 0.2) is 5.38 Å². The standard InChI is InChI=1S/C23H34N4O4S/c1-2-31-23(30)27-14-12-26(13-15-27)22(29)19-16-32-20(24-19)17-8-10-25(11-9-17)21(28)18-6-4-3-5-7-18/h16-18H,2-15H2,1H3. The average Bonchev–Trinajstić information content (AvgIpc) is 3.34. The van der Waals surface area contributed by atoms with Crippen molar-refractivity contribution in [1.29, 1.82) is 0 Å². The second-order valence-electron chi connectivity index (χ2n) is 8.98. The normalized spacial score (nSPS) is 21.0. The van der Waals surface area contributed by atoms with Crippen LogP contribution >= 0.6 is 11.3 Å². The fourth-order valence-corrected chi connectivity index (χ4v) is 5.96. The zero-order valence-electron chi connectivity index (χ0n) is 19.0. The Hall–Kier alpha value is -2.16. The van der Waals surface area contributed by atoms with E-state index in [2.05, 4.69) is 9.88 Å². The molecular formula is C23H34N4O4S. The molecule has 0 atom stereocenters. The van der Waals surface area contributed by atoms with Crippen molar-refractivity contribution in [2.45, 2.75) is 57.8 Å². The van der Waals surface area contributed by atoms with Crippen molar-refractivity contribution in [3.8, 4) is 0 Å². The number of carbonyl (C=O) groups excluding carboxylic acids is 3. The largest absolute Gasteiger partial charge is 0.450 e.